The molecule has 0 aliphatic heterocycles. The lowest BCUT2D eigenvalue weighted by Gasteiger charge is -2.24. The lowest BCUT2D eigenvalue weighted by atomic mass is 10.2. The van der Waals surface area contributed by atoms with Gasteiger partial charge in [0, 0.05) is 17.6 Å². The van der Waals surface area contributed by atoms with Gasteiger partial charge in [0.15, 0.2) is 11.6 Å². The van der Waals surface area contributed by atoms with E-state index in [0.29, 0.717) is 5.69 Å². The van der Waals surface area contributed by atoms with Crippen molar-refractivity contribution in [2.24, 2.45) is 0 Å². The van der Waals surface area contributed by atoms with Gasteiger partial charge in [0.25, 0.3) is 5.95 Å². The Morgan fingerprint density at radius 2 is 1.83 bits per heavy atom. The number of rotatable bonds is 4. The van der Waals surface area contributed by atoms with E-state index in [4.69, 9.17) is 4.84 Å². The number of hydrogen-bond acceptors (Lipinski definition) is 4. The maximum atomic E-state index is 13.5. The van der Waals surface area contributed by atoms with Crippen molar-refractivity contribution < 1.29 is 13.6 Å². The van der Waals surface area contributed by atoms with Crippen LogP contribution in [-0.4, -0.2) is 16.1 Å². The molecule has 0 amide bonds. The molecule has 0 aliphatic carbocycles. The number of aromatic nitrogens is 2. The van der Waals surface area contributed by atoms with Gasteiger partial charge >= 0.3 is 0 Å². The van der Waals surface area contributed by atoms with Gasteiger partial charge in [-0.1, -0.05) is 18.2 Å². The lowest BCUT2D eigenvalue weighted by Crippen LogP contribution is -2.24. The van der Waals surface area contributed by atoms with E-state index in [1.165, 1.54) is 11.1 Å². The second-order valence-electron chi connectivity index (χ2n) is 5.28. The van der Waals surface area contributed by atoms with Crippen molar-refractivity contribution in [2.75, 3.05) is 5.06 Å². The van der Waals surface area contributed by atoms with Gasteiger partial charge in [0.05, 0.1) is 17.3 Å². The molecule has 3 rings (SSSR count). The third kappa shape index (κ3) is 3.27. The molecule has 6 heteroatoms. The Hall–Kier alpha value is -2.60. The summed E-state index contributed by atoms with van der Waals surface area (Å²) in [6.07, 6.45) is 1.46. The highest BCUT2D eigenvalue weighted by Gasteiger charge is 2.17. The van der Waals surface area contributed by atoms with Gasteiger partial charge in [-0.3, -0.25) is 4.84 Å². The van der Waals surface area contributed by atoms with E-state index in [1.54, 1.807) is 6.20 Å². The van der Waals surface area contributed by atoms with Gasteiger partial charge in [0.1, 0.15) is 0 Å². The molecule has 3 aromatic rings. The molecule has 23 heavy (non-hydrogen) atoms. The number of para-hydroxylation sites is 1. The van der Waals surface area contributed by atoms with E-state index < -0.39 is 11.6 Å². The zero-order chi connectivity index (χ0) is 16.4. The number of halogens is 2. The molecule has 0 bridgehead atoms. The van der Waals surface area contributed by atoms with Crippen LogP contribution in [0.1, 0.15) is 13.8 Å². The van der Waals surface area contributed by atoms with Gasteiger partial charge in [-0.05, 0) is 32.0 Å². The first-order valence-corrected chi connectivity index (χ1v) is 7.18. The normalized spacial score (nSPS) is 11.2. The third-order valence-corrected chi connectivity index (χ3v) is 3.11. The van der Waals surface area contributed by atoms with Crippen LogP contribution in [0.3, 0.4) is 0 Å². The zero-order valence-corrected chi connectivity index (χ0v) is 12.7. The van der Waals surface area contributed by atoms with Crippen molar-refractivity contribution in [1.29, 1.82) is 0 Å². The number of fused-ring (bicyclic) bond motifs is 1. The first kappa shape index (κ1) is 15.3. The third-order valence-electron chi connectivity index (χ3n) is 3.11. The highest BCUT2D eigenvalue weighted by atomic mass is 19.2. The smallest absolute Gasteiger partial charge is 0.255 e. The molecule has 118 valence electrons. The van der Waals surface area contributed by atoms with Crippen LogP contribution < -0.4 is 5.06 Å². The summed E-state index contributed by atoms with van der Waals surface area (Å²) in [5.74, 6) is -1.62. The van der Waals surface area contributed by atoms with Gasteiger partial charge < -0.3 is 0 Å². The fourth-order valence-corrected chi connectivity index (χ4v) is 2.11. The fraction of sp³-hybridized carbons (Fsp3) is 0.176. The fourth-order valence-electron chi connectivity index (χ4n) is 2.11. The minimum absolute atomic E-state index is 0.196. The van der Waals surface area contributed by atoms with Crippen molar-refractivity contribution in [1.82, 2.24) is 9.97 Å². The molecule has 0 saturated heterocycles. The van der Waals surface area contributed by atoms with E-state index >= 15 is 0 Å². The molecule has 0 radical (unpaired) electrons. The Bertz CT molecular complexity index is 839. The van der Waals surface area contributed by atoms with Crippen LogP contribution in [0.25, 0.3) is 10.9 Å². The van der Waals surface area contributed by atoms with E-state index in [0.717, 1.165) is 23.0 Å². The topological polar surface area (TPSA) is 38.2 Å². The summed E-state index contributed by atoms with van der Waals surface area (Å²) in [7, 11) is 0. The summed E-state index contributed by atoms with van der Waals surface area (Å²) in [6.45, 7) is 3.65. The molecule has 0 atom stereocenters. The lowest BCUT2D eigenvalue weighted by molar-refractivity contribution is 0.0764. The van der Waals surface area contributed by atoms with Crippen LogP contribution in [0.4, 0.5) is 20.4 Å². The van der Waals surface area contributed by atoms with E-state index in [-0.39, 0.29) is 12.1 Å². The summed E-state index contributed by atoms with van der Waals surface area (Å²) in [6, 6.07) is 11.0. The molecular formula is C17H15F2N3O. The van der Waals surface area contributed by atoms with E-state index in [2.05, 4.69) is 9.97 Å². The summed E-state index contributed by atoms with van der Waals surface area (Å²) < 4.78 is 26.7. The molecule has 0 unspecified atom stereocenters. The van der Waals surface area contributed by atoms with Gasteiger partial charge in [-0.25, -0.2) is 18.7 Å². The second kappa shape index (κ2) is 6.26. The van der Waals surface area contributed by atoms with Gasteiger partial charge in [0.2, 0.25) is 0 Å². The Kier molecular flexibility index (Phi) is 4.16. The first-order valence-electron chi connectivity index (χ1n) is 7.18. The molecule has 4 nitrogen and oxygen atoms in total. The summed E-state index contributed by atoms with van der Waals surface area (Å²) in [5, 5.41) is 2.19. The molecule has 1 aromatic heterocycles. The predicted molar refractivity (Wildman–Crippen MR) is 84.3 cm³/mol. The summed E-state index contributed by atoms with van der Waals surface area (Å²) in [4.78, 5) is 14.4. The maximum absolute atomic E-state index is 13.5. The summed E-state index contributed by atoms with van der Waals surface area (Å²) in [5.41, 5.74) is 1.05. The van der Waals surface area contributed by atoms with Crippen LogP contribution in [0.15, 0.2) is 48.7 Å². The zero-order valence-electron chi connectivity index (χ0n) is 12.7. The quantitative estimate of drug-likeness (QED) is 0.669. The minimum atomic E-state index is -0.958. The summed E-state index contributed by atoms with van der Waals surface area (Å²) >= 11 is 0. The Labute approximate surface area is 132 Å². The molecule has 1 heterocycles. The molecule has 0 N–H and O–H groups in total. The maximum Gasteiger partial charge on any atom is 0.255 e. The standard InChI is InChI=1S/C17H15F2N3O/c1-11(2)23-22(13-7-8-14(18)15(19)9-13)17-20-10-12-5-3-4-6-16(12)21-17/h3-11H,1-2H3. The first-order chi connectivity index (χ1) is 11.0. The van der Waals surface area contributed by atoms with Crippen molar-refractivity contribution in [2.45, 2.75) is 20.0 Å². The minimum Gasteiger partial charge on any atom is -0.263 e. The van der Waals surface area contributed by atoms with Crippen molar-refractivity contribution in [3.8, 4) is 0 Å². The van der Waals surface area contributed by atoms with Crippen LogP contribution in [0.2, 0.25) is 0 Å². The predicted octanol–water partition coefficient (Wildman–Crippen LogP) is 4.39. The van der Waals surface area contributed by atoms with Crippen molar-refractivity contribution >= 4 is 22.5 Å². The monoisotopic (exact) mass is 315 g/mol. The molecular weight excluding hydrogens is 300 g/mol. The molecule has 0 aliphatic rings. The molecule has 0 saturated carbocycles. The molecule has 2 aromatic carbocycles. The highest BCUT2D eigenvalue weighted by Crippen LogP contribution is 2.26. The van der Waals surface area contributed by atoms with Gasteiger partial charge in [-0.2, -0.15) is 5.06 Å². The van der Waals surface area contributed by atoms with Crippen LogP contribution in [0, 0.1) is 11.6 Å². The largest absolute Gasteiger partial charge is 0.263 e. The average Bonchev–Trinajstić information content (AvgIpc) is 2.55. The Morgan fingerprint density at radius 1 is 1.04 bits per heavy atom. The van der Waals surface area contributed by atoms with E-state index in [9.17, 15) is 8.78 Å². The highest BCUT2D eigenvalue weighted by molar-refractivity contribution is 5.78. The van der Waals surface area contributed by atoms with Crippen LogP contribution >= 0.6 is 0 Å². The second-order valence-corrected chi connectivity index (χ2v) is 5.28. The number of benzene rings is 2. The Balaban J connectivity index is 2.07. The van der Waals surface area contributed by atoms with Crippen molar-refractivity contribution in [3.63, 3.8) is 0 Å². The van der Waals surface area contributed by atoms with Crippen molar-refractivity contribution in [3.05, 3.63) is 60.3 Å². The van der Waals surface area contributed by atoms with Crippen LogP contribution in [-0.2, 0) is 4.84 Å². The SMILES string of the molecule is CC(C)ON(c1ccc(F)c(F)c1)c1ncc2ccccc2n1. The number of anilines is 2. The average molecular weight is 315 g/mol. The number of nitrogens with zero attached hydrogens (tertiary/aromatic N) is 3. The molecule has 0 fully saturated rings. The Morgan fingerprint density at radius 3 is 2.57 bits per heavy atom. The number of hydrogen-bond donors (Lipinski definition) is 0. The van der Waals surface area contributed by atoms with E-state index in [1.807, 2.05) is 38.1 Å². The van der Waals surface area contributed by atoms with Gasteiger partial charge in [-0.15, -0.1) is 0 Å². The van der Waals surface area contributed by atoms with Crippen LogP contribution in [0.5, 0.6) is 0 Å². The molecule has 0 spiro atoms.